The summed E-state index contributed by atoms with van der Waals surface area (Å²) in [5.74, 6) is 3.36. The van der Waals surface area contributed by atoms with Crippen molar-refractivity contribution >= 4 is 11.7 Å². The number of nitrogens with zero attached hydrogens (tertiary/aromatic N) is 2. The fourth-order valence-electron chi connectivity index (χ4n) is 11.7. The number of ketones is 1. The lowest BCUT2D eigenvalue weighted by atomic mass is 9.34. The van der Waals surface area contributed by atoms with Gasteiger partial charge in [-0.25, -0.2) is 0 Å². The number of β-lactam (4-membered cyclic amide) rings is 1. The highest BCUT2D eigenvalue weighted by molar-refractivity contribution is 5.96. The Morgan fingerprint density at radius 2 is 1.76 bits per heavy atom. The fraction of sp³-hybridized carbons (Fsp3) is 0.788. The van der Waals surface area contributed by atoms with Crippen molar-refractivity contribution in [2.45, 2.75) is 111 Å². The molecule has 0 spiro atoms. The second-order valence-electron chi connectivity index (χ2n) is 15.6. The predicted octanol–water partition coefficient (Wildman–Crippen LogP) is 6.51. The number of hydrogen-bond acceptors (Lipinski definition) is 4. The van der Waals surface area contributed by atoms with E-state index in [1.54, 1.807) is 0 Å². The molecule has 3 saturated carbocycles. The van der Waals surface area contributed by atoms with Crippen LogP contribution in [0.25, 0.3) is 0 Å². The van der Waals surface area contributed by atoms with E-state index >= 15 is 0 Å². The molecule has 5 heteroatoms. The standard InChI is InChI=1S/C33H46N2O3/c1-19-8-12-33(35-15-10-25(35)37)14-13-32(7)27(26(33)20(19)2)22(36)16-24-30(5)17-21-18-34-38-28(21)29(3,4)23(30)9-11-31(24,32)6/h16,18-20,23,26-27H,8-15,17H2,1-7H3/t19-,20+,23+,26+,27-,30+,31-,32-,33+/m1/s1. The van der Waals surface area contributed by atoms with Crippen LogP contribution in [-0.2, 0) is 21.4 Å². The Hall–Kier alpha value is -1.91. The molecule has 38 heavy (non-hydrogen) atoms. The van der Waals surface area contributed by atoms with E-state index in [0.29, 0.717) is 35.9 Å². The summed E-state index contributed by atoms with van der Waals surface area (Å²) >= 11 is 0. The number of allylic oxidation sites excluding steroid dienone is 2. The van der Waals surface area contributed by atoms with E-state index in [-0.39, 0.29) is 39.0 Å². The van der Waals surface area contributed by atoms with E-state index in [2.05, 4.69) is 64.6 Å². The maximum Gasteiger partial charge on any atom is 0.224 e. The number of carbonyl (C=O) groups is 2. The molecule has 0 aromatic carbocycles. The van der Waals surface area contributed by atoms with Gasteiger partial charge in [-0.15, -0.1) is 0 Å². The van der Waals surface area contributed by atoms with Crippen LogP contribution < -0.4 is 0 Å². The number of likely N-dealkylation sites (tertiary alicyclic amines) is 1. The third-order valence-corrected chi connectivity index (χ3v) is 14.1. The van der Waals surface area contributed by atoms with E-state index in [1.165, 1.54) is 11.1 Å². The largest absolute Gasteiger partial charge is 0.361 e. The normalized spacial score (nSPS) is 49.1. The molecule has 1 aromatic rings. The highest BCUT2D eigenvalue weighted by Gasteiger charge is 2.71. The predicted molar refractivity (Wildman–Crippen MR) is 146 cm³/mol. The molecule has 0 N–H and O–H groups in total. The monoisotopic (exact) mass is 518 g/mol. The zero-order chi connectivity index (χ0) is 27.0. The third-order valence-electron chi connectivity index (χ3n) is 14.1. The first-order valence-corrected chi connectivity index (χ1v) is 15.3. The zero-order valence-corrected chi connectivity index (χ0v) is 24.5. The average molecular weight is 519 g/mol. The van der Waals surface area contributed by atoms with Crippen LogP contribution in [0.1, 0.15) is 105 Å². The number of amides is 1. The van der Waals surface area contributed by atoms with Gasteiger partial charge >= 0.3 is 0 Å². The number of fused-ring (bicyclic) bond motifs is 8. The first kappa shape index (κ1) is 25.1. The van der Waals surface area contributed by atoms with Crippen molar-refractivity contribution < 1.29 is 14.1 Å². The van der Waals surface area contributed by atoms with Crippen molar-refractivity contribution in [3.63, 3.8) is 0 Å². The van der Waals surface area contributed by atoms with Gasteiger partial charge in [-0.3, -0.25) is 9.59 Å². The third kappa shape index (κ3) is 2.68. The van der Waals surface area contributed by atoms with Gasteiger partial charge < -0.3 is 9.42 Å². The second kappa shape index (κ2) is 7.43. The molecule has 1 aliphatic heterocycles. The first-order chi connectivity index (χ1) is 17.8. The lowest BCUT2D eigenvalue weighted by Crippen LogP contribution is -2.73. The van der Waals surface area contributed by atoms with E-state index < -0.39 is 0 Å². The summed E-state index contributed by atoms with van der Waals surface area (Å²) in [6.07, 6.45) is 12.2. The summed E-state index contributed by atoms with van der Waals surface area (Å²) in [4.78, 5) is 29.8. The Balaban J connectivity index is 1.38. The molecule has 5 aliphatic carbocycles. The smallest absolute Gasteiger partial charge is 0.224 e. The highest BCUT2D eigenvalue weighted by Crippen LogP contribution is 2.74. The molecule has 0 radical (unpaired) electrons. The van der Waals surface area contributed by atoms with Crippen molar-refractivity contribution in [1.82, 2.24) is 10.1 Å². The van der Waals surface area contributed by atoms with Gasteiger partial charge in [-0.1, -0.05) is 59.2 Å². The summed E-state index contributed by atoms with van der Waals surface area (Å²) in [5.41, 5.74) is 2.14. The van der Waals surface area contributed by atoms with Gasteiger partial charge in [0, 0.05) is 35.4 Å². The highest BCUT2D eigenvalue weighted by atomic mass is 16.5. The number of aromatic nitrogens is 1. The van der Waals surface area contributed by atoms with Gasteiger partial charge in [0.15, 0.2) is 5.78 Å². The van der Waals surface area contributed by atoms with E-state index in [1.807, 2.05) is 6.20 Å². The Morgan fingerprint density at radius 1 is 1.00 bits per heavy atom. The van der Waals surface area contributed by atoms with Crippen molar-refractivity contribution in [2.75, 3.05) is 6.54 Å². The van der Waals surface area contributed by atoms with Gasteiger partial charge in [0.25, 0.3) is 0 Å². The maximum absolute atomic E-state index is 14.7. The molecule has 0 bridgehead atoms. The Labute approximate surface area is 228 Å². The molecular formula is C33H46N2O3. The molecule has 6 aliphatic rings. The number of hydrogen-bond donors (Lipinski definition) is 0. The van der Waals surface area contributed by atoms with Crippen LogP contribution in [0, 0.1) is 45.8 Å². The minimum atomic E-state index is -0.131. The average Bonchev–Trinajstić information content (AvgIpc) is 3.32. The van der Waals surface area contributed by atoms with Crippen LogP contribution in [0.15, 0.2) is 22.4 Å². The molecule has 7 rings (SSSR count). The van der Waals surface area contributed by atoms with E-state index in [9.17, 15) is 9.59 Å². The van der Waals surface area contributed by atoms with Crippen molar-refractivity contribution in [1.29, 1.82) is 0 Å². The Kier molecular flexibility index (Phi) is 4.90. The van der Waals surface area contributed by atoms with Crippen LogP contribution >= 0.6 is 0 Å². The van der Waals surface area contributed by atoms with E-state index in [4.69, 9.17) is 4.52 Å². The summed E-state index contributed by atoms with van der Waals surface area (Å²) in [6.45, 7) is 17.7. The van der Waals surface area contributed by atoms with Crippen molar-refractivity contribution in [2.24, 2.45) is 45.8 Å². The zero-order valence-electron chi connectivity index (χ0n) is 24.5. The molecule has 1 saturated heterocycles. The first-order valence-electron chi connectivity index (χ1n) is 15.3. The number of rotatable bonds is 1. The van der Waals surface area contributed by atoms with Crippen LogP contribution in [-0.4, -0.2) is 33.8 Å². The Morgan fingerprint density at radius 3 is 2.45 bits per heavy atom. The Bertz CT molecular complexity index is 1260. The number of carbonyl (C=O) groups excluding carboxylic acids is 2. The van der Waals surface area contributed by atoms with Gasteiger partial charge in [-0.05, 0) is 90.9 Å². The molecule has 1 amide bonds. The molecule has 2 heterocycles. The van der Waals surface area contributed by atoms with Gasteiger partial charge in [0.2, 0.25) is 5.91 Å². The molecule has 4 fully saturated rings. The molecular weight excluding hydrogens is 472 g/mol. The van der Waals surface area contributed by atoms with Crippen LogP contribution in [0.3, 0.4) is 0 Å². The van der Waals surface area contributed by atoms with Crippen molar-refractivity contribution in [3.05, 3.63) is 29.2 Å². The fourth-order valence-corrected chi connectivity index (χ4v) is 11.7. The summed E-state index contributed by atoms with van der Waals surface area (Å²) in [5, 5.41) is 4.21. The molecule has 0 unspecified atom stereocenters. The lowest BCUT2D eigenvalue weighted by molar-refractivity contribution is -0.197. The summed E-state index contributed by atoms with van der Waals surface area (Å²) < 4.78 is 5.82. The summed E-state index contributed by atoms with van der Waals surface area (Å²) in [6, 6.07) is 0. The molecule has 5 nitrogen and oxygen atoms in total. The topological polar surface area (TPSA) is 63.4 Å². The molecule has 1 aromatic heterocycles. The summed E-state index contributed by atoms with van der Waals surface area (Å²) in [7, 11) is 0. The maximum atomic E-state index is 14.7. The minimum Gasteiger partial charge on any atom is -0.361 e. The van der Waals surface area contributed by atoms with Crippen LogP contribution in [0.2, 0.25) is 0 Å². The van der Waals surface area contributed by atoms with Gasteiger partial charge in [0.05, 0.1) is 6.20 Å². The molecule has 9 atom stereocenters. The minimum absolute atomic E-state index is 0.0148. The van der Waals surface area contributed by atoms with Crippen LogP contribution in [0.4, 0.5) is 0 Å². The van der Waals surface area contributed by atoms with Crippen LogP contribution in [0.5, 0.6) is 0 Å². The van der Waals surface area contributed by atoms with Gasteiger partial charge in [-0.2, -0.15) is 0 Å². The van der Waals surface area contributed by atoms with E-state index in [0.717, 1.165) is 57.3 Å². The second-order valence-corrected chi connectivity index (χ2v) is 15.6. The van der Waals surface area contributed by atoms with Crippen molar-refractivity contribution in [3.8, 4) is 0 Å². The lowest BCUT2D eigenvalue weighted by Gasteiger charge is -2.71. The SMILES string of the molecule is C[C@@H]1[C@H]2[C@H]3C(=O)C=C4[C@@]5(C)Cc6cnoc6C(C)(C)[C@@H]5CC[C@@]4(C)[C@]3(C)CC[C@@]2(N2CCC2=O)CC[C@H]1C. The molecule has 206 valence electrons. The van der Waals surface area contributed by atoms with Gasteiger partial charge in [0.1, 0.15) is 5.76 Å². The quantitative estimate of drug-likeness (QED) is 0.398.